The van der Waals surface area contributed by atoms with Crippen LogP contribution in [0.1, 0.15) is 39.2 Å². The van der Waals surface area contributed by atoms with Crippen LogP contribution in [0.15, 0.2) is 29.3 Å². The molecule has 0 amide bonds. The Balaban J connectivity index is 0.00000529. The summed E-state index contributed by atoms with van der Waals surface area (Å²) in [5, 5.41) is 6.58. The number of guanidine groups is 1. The molecule has 0 aromatic heterocycles. The van der Waals surface area contributed by atoms with Gasteiger partial charge >= 0.3 is 0 Å². The Kier molecular flexibility index (Phi) is 13.7. The highest BCUT2D eigenvalue weighted by molar-refractivity contribution is 14.0. The molecule has 0 aliphatic rings. The van der Waals surface area contributed by atoms with Crippen LogP contribution < -0.4 is 15.4 Å². The van der Waals surface area contributed by atoms with Crippen molar-refractivity contribution in [1.29, 1.82) is 0 Å². The summed E-state index contributed by atoms with van der Waals surface area (Å²) in [6.45, 7) is 9.13. The largest absolute Gasteiger partial charge is 0.494 e. The molecule has 0 fully saturated rings. The van der Waals surface area contributed by atoms with Crippen molar-refractivity contribution in [3.05, 3.63) is 29.8 Å². The lowest BCUT2D eigenvalue weighted by molar-refractivity contribution is 0.179. The number of aliphatic imine (C=N–C) groups is 1. The molecule has 2 N–H and O–H groups in total. The smallest absolute Gasteiger partial charge is 0.191 e. The fourth-order valence-electron chi connectivity index (χ4n) is 2.08. The van der Waals surface area contributed by atoms with Crippen molar-refractivity contribution in [3.8, 4) is 5.75 Å². The summed E-state index contributed by atoms with van der Waals surface area (Å²) in [4.78, 5) is 4.63. The molecule has 0 heterocycles. The Hall–Kier alpha value is -1.02. The Labute approximate surface area is 163 Å². The predicted molar refractivity (Wildman–Crippen MR) is 112 cm³/mol. The monoisotopic (exact) mass is 449 g/mol. The van der Waals surface area contributed by atoms with E-state index in [0.717, 1.165) is 43.3 Å². The van der Waals surface area contributed by atoms with Crippen LogP contribution in [0.3, 0.4) is 0 Å². The van der Waals surface area contributed by atoms with Gasteiger partial charge in [0, 0.05) is 19.7 Å². The first kappa shape index (κ1) is 23.0. The Bertz CT molecular complexity index is 469. The van der Waals surface area contributed by atoms with E-state index in [2.05, 4.69) is 48.5 Å². The van der Waals surface area contributed by atoms with Crippen LogP contribution in [0, 0.1) is 0 Å². The maximum atomic E-state index is 5.74. The van der Waals surface area contributed by atoms with E-state index in [1.807, 2.05) is 12.1 Å². The fourth-order valence-corrected chi connectivity index (χ4v) is 2.08. The van der Waals surface area contributed by atoms with Crippen molar-refractivity contribution in [1.82, 2.24) is 10.6 Å². The number of halogens is 1. The van der Waals surface area contributed by atoms with Crippen molar-refractivity contribution in [3.63, 3.8) is 0 Å². The van der Waals surface area contributed by atoms with Crippen LogP contribution in [0.25, 0.3) is 0 Å². The highest BCUT2D eigenvalue weighted by Crippen LogP contribution is 2.14. The van der Waals surface area contributed by atoms with Gasteiger partial charge in [-0.05, 0) is 38.0 Å². The predicted octanol–water partition coefficient (Wildman–Crippen LogP) is 3.57. The molecule has 24 heavy (non-hydrogen) atoms. The van der Waals surface area contributed by atoms with Crippen LogP contribution in [0.4, 0.5) is 0 Å². The van der Waals surface area contributed by atoms with E-state index < -0.39 is 0 Å². The van der Waals surface area contributed by atoms with Crippen LogP contribution in [-0.2, 0) is 11.3 Å². The number of benzene rings is 1. The van der Waals surface area contributed by atoms with Gasteiger partial charge in [0.05, 0.1) is 19.8 Å². The summed E-state index contributed by atoms with van der Waals surface area (Å²) in [7, 11) is 1.70. The van der Waals surface area contributed by atoms with Crippen molar-refractivity contribution in [2.45, 2.75) is 46.2 Å². The van der Waals surface area contributed by atoms with Crippen LogP contribution in [0.2, 0.25) is 0 Å². The van der Waals surface area contributed by atoms with E-state index >= 15 is 0 Å². The van der Waals surface area contributed by atoms with Crippen molar-refractivity contribution in [2.24, 2.45) is 4.99 Å². The zero-order valence-corrected chi connectivity index (χ0v) is 17.6. The number of hydrogen-bond acceptors (Lipinski definition) is 3. The number of unbranched alkanes of at least 4 members (excludes halogenated alkanes) is 1. The molecule has 1 atom stereocenters. The van der Waals surface area contributed by atoms with Gasteiger partial charge in [-0.1, -0.05) is 25.5 Å². The summed E-state index contributed by atoms with van der Waals surface area (Å²) >= 11 is 0. The number of rotatable bonds is 10. The number of ether oxygens (including phenoxy) is 2. The second-order valence-electron chi connectivity index (χ2n) is 5.55. The Morgan fingerprint density at radius 2 is 2.08 bits per heavy atom. The van der Waals surface area contributed by atoms with Crippen molar-refractivity contribution >= 4 is 29.9 Å². The maximum Gasteiger partial charge on any atom is 0.191 e. The first-order chi connectivity index (χ1) is 11.2. The van der Waals surface area contributed by atoms with E-state index in [-0.39, 0.29) is 30.0 Å². The summed E-state index contributed by atoms with van der Waals surface area (Å²) in [6, 6.07) is 8.34. The van der Waals surface area contributed by atoms with E-state index in [1.165, 1.54) is 0 Å². The van der Waals surface area contributed by atoms with E-state index in [1.54, 1.807) is 7.11 Å². The van der Waals surface area contributed by atoms with Crippen LogP contribution in [0.5, 0.6) is 5.75 Å². The molecular weight excluding hydrogens is 417 g/mol. The average Bonchev–Trinajstić information content (AvgIpc) is 2.54. The quantitative estimate of drug-likeness (QED) is 0.248. The molecule has 1 aromatic carbocycles. The standard InChI is InChI=1S/C18H31N3O2.HI/c1-5-7-11-23-17-10-8-9-16(12-17)13-20-18(19-6-2)21-15(3)14-22-4;/h8-10,12,15H,5-7,11,13-14H2,1-4H3,(H2,19,20,21);1H. The molecule has 5 nitrogen and oxygen atoms in total. The third-order valence-electron chi connectivity index (χ3n) is 3.23. The van der Waals surface area contributed by atoms with Crippen LogP contribution >= 0.6 is 24.0 Å². The molecule has 6 heteroatoms. The highest BCUT2D eigenvalue weighted by atomic mass is 127. The molecule has 1 rings (SSSR count). The fraction of sp³-hybridized carbons (Fsp3) is 0.611. The SMILES string of the molecule is CCCCOc1cccc(CN=C(NCC)NC(C)COC)c1.I. The molecule has 1 aromatic rings. The first-order valence-corrected chi connectivity index (χ1v) is 8.45. The van der Waals surface area contributed by atoms with E-state index in [0.29, 0.717) is 13.2 Å². The number of hydrogen-bond donors (Lipinski definition) is 2. The van der Waals surface area contributed by atoms with Gasteiger partial charge < -0.3 is 20.1 Å². The van der Waals surface area contributed by atoms with E-state index in [4.69, 9.17) is 9.47 Å². The zero-order valence-electron chi connectivity index (χ0n) is 15.3. The highest BCUT2D eigenvalue weighted by Gasteiger charge is 2.04. The van der Waals surface area contributed by atoms with Crippen molar-refractivity contribution in [2.75, 3.05) is 26.9 Å². The topological polar surface area (TPSA) is 54.9 Å². The second kappa shape index (κ2) is 14.3. The summed E-state index contributed by atoms with van der Waals surface area (Å²) in [5.74, 6) is 1.71. The third-order valence-corrected chi connectivity index (χ3v) is 3.23. The molecular formula is C18H32IN3O2. The zero-order chi connectivity index (χ0) is 16.9. The molecule has 0 bridgehead atoms. The Morgan fingerprint density at radius 1 is 1.29 bits per heavy atom. The van der Waals surface area contributed by atoms with Gasteiger partial charge in [0.15, 0.2) is 5.96 Å². The van der Waals surface area contributed by atoms with Gasteiger partial charge in [-0.3, -0.25) is 0 Å². The number of methoxy groups -OCH3 is 1. The molecule has 0 spiro atoms. The molecule has 0 aliphatic carbocycles. The third kappa shape index (κ3) is 9.97. The maximum absolute atomic E-state index is 5.74. The molecule has 0 aliphatic heterocycles. The van der Waals surface area contributed by atoms with Crippen LogP contribution in [-0.4, -0.2) is 38.9 Å². The first-order valence-electron chi connectivity index (χ1n) is 8.45. The summed E-state index contributed by atoms with van der Waals surface area (Å²) in [6.07, 6.45) is 2.22. The Morgan fingerprint density at radius 3 is 2.75 bits per heavy atom. The average molecular weight is 449 g/mol. The lowest BCUT2D eigenvalue weighted by atomic mass is 10.2. The minimum absolute atomic E-state index is 0. The van der Waals surface area contributed by atoms with Gasteiger partial charge in [-0.25, -0.2) is 4.99 Å². The number of nitrogens with zero attached hydrogens (tertiary/aromatic N) is 1. The lowest BCUT2D eigenvalue weighted by Gasteiger charge is -2.17. The van der Waals surface area contributed by atoms with Gasteiger partial charge in [-0.2, -0.15) is 0 Å². The molecule has 138 valence electrons. The molecule has 0 radical (unpaired) electrons. The normalized spacial score (nSPS) is 12.2. The van der Waals surface area contributed by atoms with Gasteiger partial charge in [-0.15, -0.1) is 24.0 Å². The van der Waals surface area contributed by atoms with E-state index in [9.17, 15) is 0 Å². The second-order valence-corrected chi connectivity index (χ2v) is 5.55. The minimum Gasteiger partial charge on any atom is -0.494 e. The van der Waals surface area contributed by atoms with Gasteiger partial charge in [0.1, 0.15) is 5.75 Å². The summed E-state index contributed by atoms with van der Waals surface area (Å²) in [5.41, 5.74) is 1.13. The van der Waals surface area contributed by atoms with Gasteiger partial charge in [0.25, 0.3) is 0 Å². The lowest BCUT2D eigenvalue weighted by Crippen LogP contribution is -2.43. The van der Waals surface area contributed by atoms with Gasteiger partial charge in [0.2, 0.25) is 0 Å². The number of nitrogens with one attached hydrogen (secondary N) is 2. The minimum atomic E-state index is 0. The molecule has 0 saturated carbocycles. The molecule has 0 saturated heterocycles. The summed E-state index contributed by atoms with van der Waals surface area (Å²) < 4.78 is 10.9. The van der Waals surface area contributed by atoms with Crippen molar-refractivity contribution < 1.29 is 9.47 Å². The molecule has 1 unspecified atom stereocenters.